The number of benzene rings is 1. The minimum atomic E-state index is -0.359. The summed E-state index contributed by atoms with van der Waals surface area (Å²) in [5, 5.41) is 3.57. The maximum absolute atomic E-state index is 13.0. The number of anilines is 1. The monoisotopic (exact) mass is 395 g/mol. The van der Waals surface area contributed by atoms with Crippen LogP contribution in [-0.2, 0) is 20.6 Å². The van der Waals surface area contributed by atoms with E-state index in [2.05, 4.69) is 37.4 Å². The van der Waals surface area contributed by atoms with Crippen molar-refractivity contribution in [3.05, 3.63) is 55.7 Å². The van der Waals surface area contributed by atoms with E-state index in [0.717, 1.165) is 23.0 Å². The van der Waals surface area contributed by atoms with E-state index in [1.54, 1.807) is 7.05 Å². The Kier molecular flexibility index (Phi) is 5.06. The number of fused-ring (bicyclic) bond motifs is 1. The molecule has 0 bridgehead atoms. The summed E-state index contributed by atoms with van der Waals surface area (Å²) in [7, 11) is 3.19. The molecule has 1 aliphatic carbocycles. The molecular formula is C22H29N5O2. The van der Waals surface area contributed by atoms with Crippen molar-refractivity contribution in [3.8, 4) is 0 Å². The highest BCUT2D eigenvalue weighted by Crippen LogP contribution is 2.24. The smallest absolute Gasteiger partial charge is 0.332 e. The lowest BCUT2D eigenvalue weighted by Crippen LogP contribution is -2.37. The zero-order chi connectivity index (χ0) is 20.7. The predicted octanol–water partition coefficient (Wildman–Crippen LogP) is 2.84. The highest BCUT2D eigenvalue weighted by Gasteiger charge is 2.22. The van der Waals surface area contributed by atoms with Gasteiger partial charge in [-0.15, -0.1) is 0 Å². The number of nitrogens with zero attached hydrogens (tertiary/aromatic N) is 4. The molecule has 0 amide bonds. The number of nitrogens with one attached hydrogen (secondary N) is 1. The summed E-state index contributed by atoms with van der Waals surface area (Å²) in [5.41, 5.74) is 3.79. The van der Waals surface area contributed by atoms with Crippen LogP contribution < -0.4 is 16.6 Å². The Hall–Kier alpha value is -2.83. The van der Waals surface area contributed by atoms with Gasteiger partial charge in [0.2, 0.25) is 5.95 Å². The van der Waals surface area contributed by atoms with Gasteiger partial charge in [-0.1, -0.05) is 37.5 Å². The van der Waals surface area contributed by atoms with Gasteiger partial charge < -0.3 is 5.32 Å². The average molecular weight is 396 g/mol. The fourth-order valence-corrected chi connectivity index (χ4v) is 4.22. The van der Waals surface area contributed by atoms with Crippen LogP contribution in [0.4, 0.5) is 5.95 Å². The second kappa shape index (κ2) is 7.54. The van der Waals surface area contributed by atoms with Gasteiger partial charge in [0.25, 0.3) is 5.56 Å². The van der Waals surface area contributed by atoms with E-state index in [0.29, 0.717) is 29.7 Å². The molecule has 4 rings (SSSR count). The van der Waals surface area contributed by atoms with Crippen molar-refractivity contribution >= 4 is 17.1 Å². The summed E-state index contributed by atoms with van der Waals surface area (Å²) in [6, 6.07) is 6.69. The topological polar surface area (TPSA) is 73.8 Å². The first kappa shape index (κ1) is 19.5. The maximum atomic E-state index is 13.0. The van der Waals surface area contributed by atoms with E-state index < -0.39 is 0 Å². The fraction of sp³-hybridized carbons (Fsp3) is 0.500. The highest BCUT2D eigenvalue weighted by molar-refractivity contribution is 5.74. The van der Waals surface area contributed by atoms with E-state index in [-0.39, 0.29) is 11.2 Å². The minimum Gasteiger partial charge on any atom is -0.353 e. The lowest BCUT2D eigenvalue weighted by Gasteiger charge is -2.23. The van der Waals surface area contributed by atoms with Gasteiger partial charge in [-0.25, -0.2) is 4.79 Å². The molecule has 2 heterocycles. The average Bonchev–Trinajstić information content (AvgIpc) is 3.06. The SMILES string of the molecule is Cc1ccc(Cn2c(NC3CCCCC3)nc3c2c(=O)n(C)c(=O)n3C)cc1C. The molecule has 1 N–H and O–H groups in total. The lowest BCUT2D eigenvalue weighted by atomic mass is 9.96. The molecule has 0 unspecified atom stereocenters. The van der Waals surface area contributed by atoms with Gasteiger partial charge in [-0.3, -0.25) is 18.5 Å². The number of rotatable bonds is 4. The van der Waals surface area contributed by atoms with Crippen LogP contribution in [0.25, 0.3) is 11.2 Å². The molecule has 1 aromatic carbocycles. The van der Waals surface area contributed by atoms with E-state index in [1.165, 1.54) is 42.0 Å². The van der Waals surface area contributed by atoms with E-state index in [4.69, 9.17) is 4.98 Å². The highest BCUT2D eigenvalue weighted by atomic mass is 16.2. The molecule has 0 aliphatic heterocycles. The lowest BCUT2D eigenvalue weighted by molar-refractivity contribution is 0.459. The minimum absolute atomic E-state index is 0.309. The zero-order valence-electron chi connectivity index (χ0n) is 17.7. The van der Waals surface area contributed by atoms with Gasteiger partial charge >= 0.3 is 5.69 Å². The van der Waals surface area contributed by atoms with Crippen molar-refractivity contribution in [2.45, 2.75) is 58.5 Å². The van der Waals surface area contributed by atoms with Crippen molar-refractivity contribution in [1.29, 1.82) is 0 Å². The van der Waals surface area contributed by atoms with Gasteiger partial charge in [0, 0.05) is 20.1 Å². The number of aryl methyl sites for hydroxylation is 3. The molecule has 29 heavy (non-hydrogen) atoms. The third-order valence-corrected chi connectivity index (χ3v) is 6.20. The Morgan fingerprint density at radius 2 is 1.76 bits per heavy atom. The molecule has 0 atom stereocenters. The van der Waals surface area contributed by atoms with Crippen molar-refractivity contribution in [3.63, 3.8) is 0 Å². The molecule has 1 aliphatic rings. The van der Waals surface area contributed by atoms with Crippen LogP contribution in [0.3, 0.4) is 0 Å². The Morgan fingerprint density at radius 3 is 2.45 bits per heavy atom. The fourth-order valence-electron chi connectivity index (χ4n) is 4.22. The zero-order valence-corrected chi connectivity index (χ0v) is 17.7. The standard InChI is InChI=1S/C22H29N5O2/c1-14-10-11-16(12-15(14)2)13-27-18-19(25(3)22(29)26(4)20(18)28)24-21(27)23-17-8-6-5-7-9-17/h10-12,17H,5-9,13H2,1-4H3,(H,23,24). The van der Waals surface area contributed by atoms with Crippen molar-refractivity contribution < 1.29 is 0 Å². The molecule has 7 nitrogen and oxygen atoms in total. The number of hydrogen-bond acceptors (Lipinski definition) is 4. The largest absolute Gasteiger partial charge is 0.353 e. The van der Waals surface area contributed by atoms with E-state index in [1.807, 2.05) is 4.57 Å². The normalized spacial score (nSPS) is 15.2. The van der Waals surface area contributed by atoms with Crippen LogP contribution in [0.1, 0.15) is 48.8 Å². The maximum Gasteiger partial charge on any atom is 0.332 e. The van der Waals surface area contributed by atoms with Crippen LogP contribution in [0.2, 0.25) is 0 Å². The summed E-state index contributed by atoms with van der Waals surface area (Å²) in [4.78, 5) is 30.1. The summed E-state index contributed by atoms with van der Waals surface area (Å²) < 4.78 is 4.56. The predicted molar refractivity (Wildman–Crippen MR) is 116 cm³/mol. The van der Waals surface area contributed by atoms with Crippen LogP contribution in [0, 0.1) is 13.8 Å². The second-order valence-electron chi connectivity index (χ2n) is 8.30. The van der Waals surface area contributed by atoms with Crippen LogP contribution in [-0.4, -0.2) is 24.7 Å². The first-order chi connectivity index (χ1) is 13.9. The third kappa shape index (κ3) is 3.50. The van der Waals surface area contributed by atoms with Gasteiger partial charge in [0.1, 0.15) is 0 Å². The third-order valence-electron chi connectivity index (χ3n) is 6.20. The van der Waals surface area contributed by atoms with Crippen LogP contribution >= 0.6 is 0 Å². The molecule has 154 valence electrons. The molecule has 0 saturated heterocycles. The summed E-state index contributed by atoms with van der Waals surface area (Å²) in [6.45, 7) is 4.71. The number of hydrogen-bond donors (Lipinski definition) is 1. The van der Waals surface area contributed by atoms with Gasteiger partial charge in [-0.2, -0.15) is 4.98 Å². The number of aromatic nitrogens is 4. The van der Waals surface area contributed by atoms with E-state index in [9.17, 15) is 9.59 Å². The van der Waals surface area contributed by atoms with Crippen LogP contribution in [0.5, 0.6) is 0 Å². The van der Waals surface area contributed by atoms with Gasteiger partial charge in [0.05, 0.1) is 6.54 Å². The molecule has 3 aromatic rings. The van der Waals surface area contributed by atoms with Crippen molar-refractivity contribution in [2.24, 2.45) is 14.1 Å². The first-order valence-corrected chi connectivity index (χ1v) is 10.4. The Labute approximate surface area is 170 Å². The molecule has 0 radical (unpaired) electrons. The first-order valence-electron chi connectivity index (χ1n) is 10.4. The quantitative estimate of drug-likeness (QED) is 0.737. The Balaban J connectivity index is 1.88. The molecule has 7 heteroatoms. The Bertz CT molecular complexity index is 1180. The van der Waals surface area contributed by atoms with Gasteiger partial charge in [0.15, 0.2) is 11.2 Å². The van der Waals surface area contributed by atoms with Crippen molar-refractivity contribution in [1.82, 2.24) is 18.7 Å². The summed E-state index contributed by atoms with van der Waals surface area (Å²) in [6.07, 6.45) is 5.88. The molecule has 2 aromatic heterocycles. The molecular weight excluding hydrogens is 366 g/mol. The van der Waals surface area contributed by atoms with Crippen LogP contribution in [0.15, 0.2) is 27.8 Å². The second-order valence-corrected chi connectivity index (χ2v) is 8.30. The molecule has 1 fully saturated rings. The summed E-state index contributed by atoms with van der Waals surface area (Å²) in [5.74, 6) is 0.670. The molecule has 1 saturated carbocycles. The number of imidazole rings is 1. The van der Waals surface area contributed by atoms with Crippen molar-refractivity contribution in [2.75, 3.05) is 5.32 Å². The van der Waals surface area contributed by atoms with Gasteiger partial charge in [-0.05, 0) is 43.4 Å². The summed E-state index contributed by atoms with van der Waals surface area (Å²) >= 11 is 0. The van der Waals surface area contributed by atoms with E-state index >= 15 is 0 Å². The molecule has 0 spiro atoms. The Morgan fingerprint density at radius 1 is 1.03 bits per heavy atom.